The van der Waals surface area contributed by atoms with Crippen molar-refractivity contribution in [1.29, 1.82) is 0 Å². The van der Waals surface area contributed by atoms with Crippen molar-refractivity contribution in [3.63, 3.8) is 0 Å². The number of ether oxygens (including phenoxy) is 1. The number of carbonyl (C=O) groups excluding carboxylic acids is 1. The zero-order chi connectivity index (χ0) is 27.1. The number of methoxy groups -OCH3 is 1. The van der Waals surface area contributed by atoms with Crippen LogP contribution in [0.2, 0.25) is 0 Å². The van der Waals surface area contributed by atoms with E-state index in [-0.39, 0.29) is 11.9 Å². The van der Waals surface area contributed by atoms with Crippen molar-refractivity contribution in [3.8, 4) is 5.75 Å². The minimum Gasteiger partial charge on any atom is -0.496 e. The predicted octanol–water partition coefficient (Wildman–Crippen LogP) is 4.90. The number of amides is 1. The van der Waals surface area contributed by atoms with Gasteiger partial charge in [0.25, 0.3) is 5.91 Å². The van der Waals surface area contributed by atoms with Gasteiger partial charge in [-0.25, -0.2) is 0 Å². The van der Waals surface area contributed by atoms with Crippen molar-refractivity contribution < 1.29 is 17.9 Å². The van der Waals surface area contributed by atoms with Crippen LogP contribution in [-0.4, -0.2) is 46.0 Å². The molecule has 1 amide bonds. The normalized spacial score (nSPS) is 15.7. The number of nitrogens with zero attached hydrogens (tertiary/aromatic N) is 1. The summed E-state index contributed by atoms with van der Waals surface area (Å²) in [5.74, 6) is 0.568. The molecule has 0 spiro atoms. The molecule has 0 bridgehead atoms. The number of aryl methyl sites for hydroxylation is 2. The van der Waals surface area contributed by atoms with Crippen molar-refractivity contribution in [1.82, 2.24) is 10.2 Å². The van der Waals surface area contributed by atoms with Crippen LogP contribution in [0, 0.1) is 6.92 Å². The Morgan fingerprint density at radius 2 is 1.76 bits per heavy atom. The van der Waals surface area contributed by atoms with Gasteiger partial charge in [0, 0.05) is 30.8 Å². The topological polar surface area (TPSA) is 99.8 Å². The average molecular weight is 537 g/mol. The third-order valence-electron chi connectivity index (χ3n) is 6.75. The summed E-state index contributed by atoms with van der Waals surface area (Å²) in [6.07, 6.45) is 3.16. The summed E-state index contributed by atoms with van der Waals surface area (Å²) in [5, 5.41) is 3.37. The van der Waals surface area contributed by atoms with Crippen LogP contribution in [0.25, 0.3) is 0 Å². The lowest BCUT2D eigenvalue weighted by atomic mass is 9.99. The Balaban J connectivity index is 1.52. The number of rotatable bonds is 10. The first kappa shape index (κ1) is 27.5. The molecule has 1 heterocycles. The third-order valence-corrected chi connectivity index (χ3v) is 7.76. The highest BCUT2D eigenvalue weighted by Gasteiger charge is 2.31. The second-order valence-electron chi connectivity index (χ2n) is 9.50. The highest BCUT2D eigenvalue weighted by Crippen LogP contribution is 2.32. The van der Waals surface area contributed by atoms with Gasteiger partial charge in [0.2, 0.25) is 0 Å². The average Bonchev–Trinajstić information content (AvgIpc) is 2.93. The summed E-state index contributed by atoms with van der Waals surface area (Å²) in [6, 6.07) is 19.9. The van der Waals surface area contributed by atoms with Crippen LogP contribution in [0.15, 0.2) is 66.7 Å². The molecule has 1 atom stereocenters. The second-order valence-corrected chi connectivity index (χ2v) is 10.9. The fraction of sp³-hybridized carbons (Fsp3) is 0.345. The molecule has 0 radical (unpaired) electrons. The molecule has 1 unspecified atom stereocenters. The summed E-state index contributed by atoms with van der Waals surface area (Å²) in [5.41, 5.74) is 4.11. The van der Waals surface area contributed by atoms with Crippen LogP contribution in [0.5, 0.6) is 5.75 Å². The summed E-state index contributed by atoms with van der Waals surface area (Å²) < 4.78 is 36.4. The van der Waals surface area contributed by atoms with Crippen molar-refractivity contribution in [2.45, 2.75) is 39.2 Å². The molecule has 0 aliphatic carbocycles. The molecule has 8 nitrogen and oxygen atoms in total. The number of unbranched alkanes of at least 4 members (excludes halogenated alkanes) is 1. The van der Waals surface area contributed by atoms with Gasteiger partial charge in [0.1, 0.15) is 5.75 Å². The molecule has 1 saturated heterocycles. The number of piperazine rings is 1. The molecule has 9 heteroatoms. The highest BCUT2D eigenvalue weighted by molar-refractivity contribution is 7.94. The predicted molar refractivity (Wildman–Crippen MR) is 152 cm³/mol. The minimum atomic E-state index is -3.91. The van der Waals surface area contributed by atoms with Crippen LogP contribution in [0.1, 0.15) is 52.9 Å². The number of anilines is 2. The van der Waals surface area contributed by atoms with Gasteiger partial charge in [-0.05, 0) is 61.2 Å². The van der Waals surface area contributed by atoms with E-state index in [1.54, 1.807) is 37.4 Å². The molecule has 1 fully saturated rings. The van der Waals surface area contributed by atoms with Gasteiger partial charge in [-0.1, -0.05) is 49.7 Å². The van der Waals surface area contributed by atoms with E-state index in [9.17, 15) is 13.2 Å². The van der Waals surface area contributed by atoms with Crippen LogP contribution in [0.4, 0.5) is 11.4 Å². The quantitative estimate of drug-likeness (QED) is 0.342. The molecule has 202 valence electrons. The third kappa shape index (κ3) is 6.65. The molecular formula is C29H36N4O4S. The van der Waals surface area contributed by atoms with E-state index in [2.05, 4.69) is 21.7 Å². The van der Waals surface area contributed by atoms with Crippen LogP contribution >= 0.6 is 0 Å². The number of hydrogen-bond acceptors (Lipinski definition) is 5. The number of carbonyl (C=O) groups is 1. The molecule has 0 saturated carbocycles. The molecule has 4 rings (SSSR count). The van der Waals surface area contributed by atoms with E-state index < -0.39 is 10.2 Å². The molecule has 1 aliphatic heterocycles. The van der Waals surface area contributed by atoms with Gasteiger partial charge >= 0.3 is 10.2 Å². The lowest BCUT2D eigenvalue weighted by Gasteiger charge is -2.37. The standard InChI is InChI=1S/C29H36N4O4S/c1-4-5-8-22-12-15-23(16-13-22)31-38(35,36)32-24-14-11-21(2)26(19-24)29(34)33-18-17-30-20-27(33)25-9-6-7-10-28(25)37-3/h6-7,9-16,19,27,30-32H,4-5,8,17-18,20H2,1-3H3. The Labute approximate surface area is 225 Å². The molecule has 3 aromatic carbocycles. The summed E-state index contributed by atoms with van der Waals surface area (Å²) >= 11 is 0. The lowest BCUT2D eigenvalue weighted by Crippen LogP contribution is -2.49. The molecule has 0 aromatic heterocycles. The van der Waals surface area contributed by atoms with E-state index in [0.717, 1.165) is 36.1 Å². The van der Waals surface area contributed by atoms with Crippen molar-refractivity contribution in [2.75, 3.05) is 36.2 Å². The van der Waals surface area contributed by atoms with Gasteiger partial charge in [0.05, 0.1) is 24.5 Å². The largest absolute Gasteiger partial charge is 0.496 e. The van der Waals surface area contributed by atoms with Crippen molar-refractivity contribution in [2.24, 2.45) is 0 Å². The summed E-state index contributed by atoms with van der Waals surface area (Å²) in [7, 11) is -2.29. The zero-order valence-electron chi connectivity index (χ0n) is 22.2. The first-order valence-corrected chi connectivity index (χ1v) is 14.4. The molecule has 3 aromatic rings. The Morgan fingerprint density at radius 1 is 1.05 bits per heavy atom. The molecule has 1 aliphatic rings. The van der Waals surface area contributed by atoms with E-state index in [4.69, 9.17) is 4.74 Å². The van der Waals surface area contributed by atoms with E-state index in [1.165, 1.54) is 5.56 Å². The Hall–Kier alpha value is -3.56. The van der Waals surface area contributed by atoms with E-state index in [1.807, 2.05) is 48.2 Å². The first-order chi connectivity index (χ1) is 18.3. The molecule has 38 heavy (non-hydrogen) atoms. The van der Waals surface area contributed by atoms with E-state index in [0.29, 0.717) is 36.6 Å². The maximum atomic E-state index is 13.8. The van der Waals surface area contributed by atoms with E-state index >= 15 is 0 Å². The fourth-order valence-corrected chi connectivity index (χ4v) is 5.63. The van der Waals surface area contributed by atoms with Gasteiger partial charge in [-0.3, -0.25) is 14.2 Å². The Kier molecular flexibility index (Phi) is 8.91. The zero-order valence-corrected chi connectivity index (χ0v) is 23.0. The first-order valence-electron chi connectivity index (χ1n) is 13.0. The maximum absolute atomic E-state index is 13.8. The molecule has 3 N–H and O–H groups in total. The van der Waals surface area contributed by atoms with Crippen molar-refractivity contribution in [3.05, 3.63) is 89.0 Å². The number of nitrogens with one attached hydrogen (secondary N) is 3. The summed E-state index contributed by atoms with van der Waals surface area (Å²) in [4.78, 5) is 15.6. The SMILES string of the molecule is CCCCc1ccc(NS(=O)(=O)Nc2ccc(C)c(C(=O)N3CCNCC3c3ccccc3OC)c2)cc1. The van der Waals surface area contributed by atoms with Crippen LogP contribution in [-0.2, 0) is 16.6 Å². The van der Waals surface area contributed by atoms with Gasteiger partial charge in [-0.2, -0.15) is 8.42 Å². The fourth-order valence-electron chi connectivity index (χ4n) is 4.69. The number of benzene rings is 3. The Morgan fingerprint density at radius 3 is 2.50 bits per heavy atom. The van der Waals surface area contributed by atoms with Gasteiger partial charge in [0.15, 0.2) is 0 Å². The Bertz CT molecular complexity index is 1360. The van der Waals surface area contributed by atoms with Gasteiger partial charge < -0.3 is 15.0 Å². The number of hydrogen-bond donors (Lipinski definition) is 3. The maximum Gasteiger partial charge on any atom is 0.321 e. The van der Waals surface area contributed by atoms with Crippen molar-refractivity contribution >= 4 is 27.5 Å². The highest BCUT2D eigenvalue weighted by atomic mass is 32.2. The van der Waals surface area contributed by atoms with Crippen LogP contribution < -0.4 is 19.5 Å². The van der Waals surface area contributed by atoms with Crippen LogP contribution in [0.3, 0.4) is 0 Å². The summed E-state index contributed by atoms with van der Waals surface area (Å²) in [6.45, 7) is 5.78. The smallest absolute Gasteiger partial charge is 0.321 e. The second kappa shape index (κ2) is 12.3. The van der Waals surface area contributed by atoms with Gasteiger partial charge in [-0.15, -0.1) is 0 Å². The monoisotopic (exact) mass is 536 g/mol. The number of para-hydroxylation sites is 1. The molecular weight excluding hydrogens is 500 g/mol. The lowest BCUT2D eigenvalue weighted by molar-refractivity contribution is 0.0631. The minimum absolute atomic E-state index is 0.156.